The summed E-state index contributed by atoms with van der Waals surface area (Å²) in [6, 6.07) is 14.0. The first-order valence-corrected chi connectivity index (χ1v) is 7.32. The summed E-state index contributed by atoms with van der Waals surface area (Å²) in [4.78, 5) is 12.6. The standard InChI is InChI=1S/C18H18FNO2/c1-22-16-9-5-3-7-14(16)18(10-11-18)17(21)20-12-13-6-2-4-8-15(13)19/h2-9H,10-12H2,1H3,(H,20,21). The van der Waals surface area contributed by atoms with E-state index in [-0.39, 0.29) is 18.3 Å². The van der Waals surface area contributed by atoms with Gasteiger partial charge in [-0.3, -0.25) is 4.79 Å². The number of amides is 1. The second kappa shape index (κ2) is 5.79. The lowest BCUT2D eigenvalue weighted by Crippen LogP contribution is -2.34. The molecule has 4 heteroatoms. The van der Waals surface area contributed by atoms with Gasteiger partial charge in [0.15, 0.2) is 0 Å². The molecular weight excluding hydrogens is 281 g/mol. The summed E-state index contributed by atoms with van der Waals surface area (Å²) < 4.78 is 19.0. The Morgan fingerprint density at radius 1 is 1.18 bits per heavy atom. The lowest BCUT2D eigenvalue weighted by Gasteiger charge is -2.18. The minimum Gasteiger partial charge on any atom is -0.496 e. The van der Waals surface area contributed by atoms with Crippen LogP contribution in [0.15, 0.2) is 48.5 Å². The maximum Gasteiger partial charge on any atom is 0.231 e. The molecule has 22 heavy (non-hydrogen) atoms. The third-order valence-corrected chi connectivity index (χ3v) is 4.20. The van der Waals surface area contributed by atoms with Crippen LogP contribution in [0.1, 0.15) is 24.0 Å². The molecule has 0 atom stereocenters. The number of benzene rings is 2. The molecule has 1 amide bonds. The smallest absolute Gasteiger partial charge is 0.231 e. The Labute approximate surface area is 129 Å². The molecule has 0 bridgehead atoms. The predicted molar refractivity (Wildman–Crippen MR) is 82.2 cm³/mol. The Morgan fingerprint density at radius 2 is 1.86 bits per heavy atom. The largest absolute Gasteiger partial charge is 0.496 e. The quantitative estimate of drug-likeness (QED) is 0.921. The van der Waals surface area contributed by atoms with Gasteiger partial charge in [0.05, 0.1) is 12.5 Å². The van der Waals surface area contributed by atoms with Crippen molar-refractivity contribution in [3.63, 3.8) is 0 Å². The number of rotatable bonds is 5. The minimum absolute atomic E-state index is 0.0692. The zero-order chi connectivity index (χ0) is 15.6. The third-order valence-electron chi connectivity index (χ3n) is 4.20. The van der Waals surface area contributed by atoms with Gasteiger partial charge in [0.1, 0.15) is 11.6 Å². The highest BCUT2D eigenvalue weighted by molar-refractivity contribution is 5.92. The minimum atomic E-state index is -0.530. The molecule has 2 aromatic rings. The SMILES string of the molecule is COc1ccccc1C1(C(=O)NCc2ccccc2F)CC1. The molecule has 0 heterocycles. The molecular formula is C18H18FNO2. The summed E-state index contributed by atoms with van der Waals surface area (Å²) in [6.07, 6.45) is 1.58. The first kappa shape index (κ1) is 14.6. The van der Waals surface area contributed by atoms with Crippen LogP contribution < -0.4 is 10.1 Å². The fourth-order valence-electron chi connectivity index (χ4n) is 2.77. The van der Waals surface area contributed by atoms with Crippen LogP contribution in [0.25, 0.3) is 0 Å². The predicted octanol–water partition coefficient (Wildman–Crippen LogP) is 3.18. The fourth-order valence-corrected chi connectivity index (χ4v) is 2.77. The summed E-state index contributed by atoms with van der Waals surface area (Å²) in [5.41, 5.74) is 0.868. The van der Waals surface area contributed by atoms with Gasteiger partial charge in [0.25, 0.3) is 0 Å². The molecule has 1 fully saturated rings. The van der Waals surface area contributed by atoms with Crippen LogP contribution in [0.4, 0.5) is 4.39 Å². The Balaban J connectivity index is 1.76. The number of para-hydroxylation sites is 1. The average molecular weight is 299 g/mol. The molecule has 0 aromatic heterocycles. The van der Waals surface area contributed by atoms with E-state index in [0.717, 1.165) is 24.2 Å². The van der Waals surface area contributed by atoms with Gasteiger partial charge in [-0.1, -0.05) is 36.4 Å². The molecule has 1 aliphatic rings. The summed E-state index contributed by atoms with van der Waals surface area (Å²) in [7, 11) is 1.60. The van der Waals surface area contributed by atoms with Crippen LogP contribution in [-0.2, 0) is 16.8 Å². The van der Waals surface area contributed by atoms with Crippen LogP contribution in [0.3, 0.4) is 0 Å². The molecule has 114 valence electrons. The number of methoxy groups -OCH3 is 1. The van der Waals surface area contributed by atoms with Crippen molar-refractivity contribution in [3.05, 3.63) is 65.5 Å². The number of halogens is 1. The molecule has 1 saturated carbocycles. The number of nitrogens with one attached hydrogen (secondary N) is 1. The summed E-state index contributed by atoms with van der Waals surface area (Å²) in [5, 5.41) is 2.86. The second-order valence-electron chi connectivity index (χ2n) is 5.56. The Morgan fingerprint density at radius 3 is 2.55 bits per heavy atom. The highest BCUT2D eigenvalue weighted by Gasteiger charge is 2.52. The summed E-state index contributed by atoms with van der Waals surface area (Å²) >= 11 is 0. The van der Waals surface area contributed by atoms with Gasteiger partial charge in [0.2, 0.25) is 5.91 Å². The number of hydrogen-bond donors (Lipinski definition) is 1. The Kier molecular flexibility index (Phi) is 3.84. The van der Waals surface area contributed by atoms with Gasteiger partial charge in [-0.2, -0.15) is 0 Å². The first-order valence-electron chi connectivity index (χ1n) is 7.32. The van der Waals surface area contributed by atoms with E-state index in [1.165, 1.54) is 6.07 Å². The van der Waals surface area contributed by atoms with Crippen LogP contribution in [0.2, 0.25) is 0 Å². The van der Waals surface area contributed by atoms with Crippen molar-refractivity contribution < 1.29 is 13.9 Å². The van der Waals surface area contributed by atoms with E-state index in [2.05, 4.69) is 5.32 Å². The van der Waals surface area contributed by atoms with E-state index in [1.807, 2.05) is 24.3 Å². The van der Waals surface area contributed by atoms with Crippen molar-refractivity contribution in [2.24, 2.45) is 0 Å². The third kappa shape index (κ3) is 2.56. The van der Waals surface area contributed by atoms with Crippen molar-refractivity contribution in [2.45, 2.75) is 24.8 Å². The van der Waals surface area contributed by atoms with Gasteiger partial charge >= 0.3 is 0 Å². The molecule has 3 rings (SSSR count). The van der Waals surface area contributed by atoms with E-state index in [9.17, 15) is 9.18 Å². The monoisotopic (exact) mass is 299 g/mol. The van der Waals surface area contributed by atoms with Crippen molar-refractivity contribution in [2.75, 3.05) is 7.11 Å². The molecule has 3 nitrogen and oxygen atoms in total. The molecule has 0 spiro atoms. The van der Waals surface area contributed by atoms with Gasteiger partial charge in [0, 0.05) is 17.7 Å². The summed E-state index contributed by atoms with van der Waals surface area (Å²) in [5.74, 6) is 0.353. The zero-order valence-electron chi connectivity index (χ0n) is 12.4. The van der Waals surface area contributed by atoms with E-state index >= 15 is 0 Å². The molecule has 2 aromatic carbocycles. The highest BCUT2D eigenvalue weighted by Crippen LogP contribution is 2.51. The molecule has 1 aliphatic carbocycles. The van der Waals surface area contributed by atoms with E-state index in [4.69, 9.17) is 4.74 Å². The summed E-state index contributed by atoms with van der Waals surface area (Å²) in [6.45, 7) is 0.197. The number of carbonyl (C=O) groups is 1. The average Bonchev–Trinajstić information content (AvgIpc) is 3.35. The molecule has 0 unspecified atom stereocenters. The van der Waals surface area contributed by atoms with Crippen molar-refractivity contribution in [3.8, 4) is 5.75 Å². The lowest BCUT2D eigenvalue weighted by atomic mass is 9.94. The number of ether oxygens (including phenoxy) is 1. The zero-order valence-corrected chi connectivity index (χ0v) is 12.4. The molecule has 0 aliphatic heterocycles. The maximum atomic E-state index is 13.6. The van der Waals surface area contributed by atoms with Crippen molar-refractivity contribution >= 4 is 5.91 Å². The van der Waals surface area contributed by atoms with Crippen molar-refractivity contribution in [1.82, 2.24) is 5.32 Å². The molecule has 0 saturated heterocycles. The molecule has 0 radical (unpaired) electrons. The van der Waals surface area contributed by atoms with E-state index < -0.39 is 5.41 Å². The van der Waals surface area contributed by atoms with Crippen LogP contribution in [0, 0.1) is 5.82 Å². The number of carbonyl (C=O) groups excluding carboxylic acids is 1. The van der Waals surface area contributed by atoms with Gasteiger partial charge < -0.3 is 10.1 Å². The second-order valence-corrected chi connectivity index (χ2v) is 5.56. The highest BCUT2D eigenvalue weighted by atomic mass is 19.1. The molecule has 1 N–H and O–H groups in total. The van der Waals surface area contributed by atoms with E-state index in [0.29, 0.717) is 5.56 Å². The maximum absolute atomic E-state index is 13.6. The number of hydrogen-bond acceptors (Lipinski definition) is 2. The first-order chi connectivity index (χ1) is 10.7. The topological polar surface area (TPSA) is 38.3 Å². The van der Waals surface area contributed by atoms with Crippen LogP contribution >= 0.6 is 0 Å². The van der Waals surface area contributed by atoms with Crippen LogP contribution in [-0.4, -0.2) is 13.0 Å². The van der Waals surface area contributed by atoms with Crippen molar-refractivity contribution in [1.29, 1.82) is 0 Å². The lowest BCUT2D eigenvalue weighted by molar-refractivity contribution is -0.123. The normalized spacial score (nSPS) is 15.2. The van der Waals surface area contributed by atoms with E-state index in [1.54, 1.807) is 25.3 Å². The fraction of sp³-hybridized carbons (Fsp3) is 0.278. The van der Waals surface area contributed by atoms with Gasteiger partial charge in [-0.25, -0.2) is 4.39 Å². The van der Waals surface area contributed by atoms with Gasteiger partial charge in [-0.05, 0) is 25.0 Å². The van der Waals surface area contributed by atoms with Gasteiger partial charge in [-0.15, -0.1) is 0 Å². The Bertz CT molecular complexity index is 695. The Hall–Kier alpha value is -2.36. The van der Waals surface area contributed by atoms with Crippen LogP contribution in [0.5, 0.6) is 5.75 Å².